The van der Waals surface area contributed by atoms with Crippen molar-refractivity contribution < 1.29 is 9.53 Å². The van der Waals surface area contributed by atoms with E-state index < -0.39 is 0 Å². The molecule has 20 heavy (non-hydrogen) atoms. The van der Waals surface area contributed by atoms with Crippen LogP contribution in [0, 0.1) is 5.92 Å². The number of benzene rings is 1. The summed E-state index contributed by atoms with van der Waals surface area (Å²) in [5, 5.41) is 0. The van der Waals surface area contributed by atoms with Crippen LogP contribution >= 0.6 is 15.9 Å². The molecule has 0 spiro atoms. The molecule has 0 heterocycles. The van der Waals surface area contributed by atoms with Gasteiger partial charge in [0.2, 0.25) is 0 Å². The third-order valence-electron chi connectivity index (χ3n) is 3.70. The monoisotopic (exact) mass is 336 g/mol. The second-order valence-electron chi connectivity index (χ2n) is 5.21. The minimum Gasteiger partial charge on any atom is -0.462 e. The first-order valence-electron chi connectivity index (χ1n) is 7.35. The van der Waals surface area contributed by atoms with Crippen molar-refractivity contribution in [2.75, 3.05) is 6.61 Å². The van der Waals surface area contributed by atoms with Gasteiger partial charge in [0.05, 0.1) is 12.2 Å². The quantitative estimate of drug-likeness (QED) is 0.572. The first-order valence-corrected chi connectivity index (χ1v) is 8.15. The summed E-state index contributed by atoms with van der Waals surface area (Å²) < 4.78 is 6.23. The molecule has 108 valence electrons. The minimum atomic E-state index is -0.208. The lowest BCUT2D eigenvalue weighted by atomic mass is 9.87. The lowest BCUT2D eigenvalue weighted by Gasteiger charge is -2.19. The maximum absolute atomic E-state index is 12.2. The van der Waals surface area contributed by atoms with Crippen molar-refractivity contribution in [1.82, 2.24) is 0 Å². The van der Waals surface area contributed by atoms with Gasteiger partial charge in [-0.05, 0) is 43.4 Å². The van der Waals surface area contributed by atoms with Crippen molar-refractivity contribution in [3.8, 4) is 0 Å². The van der Waals surface area contributed by atoms with Crippen molar-refractivity contribution in [1.29, 1.82) is 0 Å². The Balaban J connectivity index is 2.25. The fraction of sp³-hybridized carbons (Fsp3) is 0.471. The number of halogens is 1. The molecule has 0 N–H and O–H groups in total. The second-order valence-corrected chi connectivity index (χ2v) is 6.12. The van der Waals surface area contributed by atoms with Crippen LogP contribution in [-0.4, -0.2) is 12.6 Å². The predicted octanol–water partition coefficient (Wildman–Crippen LogP) is 4.98. The van der Waals surface area contributed by atoms with Gasteiger partial charge in [0.25, 0.3) is 0 Å². The van der Waals surface area contributed by atoms with Crippen LogP contribution in [0.4, 0.5) is 0 Å². The highest BCUT2D eigenvalue weighted by molar-refractivity contribution is 9.10. The van der Waals surface area contributed by atoms with Gasteiger partial charge < -0.3 is 4.74 Å². The van der Waals surface area contributed by atoms with Gasteiger partial charge in [-0.1, -0.05) is 53.4 Å². The maximum Gasteiger partial charge on any atom is 0.338 e. The lowest BCUT2D eigenvalue weighted by Crippen LogP contribution is -2.10. The van der Waals surface area contributed by atoms with Crippen molar-refractivity contribution in [2.24, 2.45) is 5.92 Å². The van der Waals surface area contributed by atoms with Gasteiger partial charge in [-0.25, -0.2) is 4.79 Å². The molecule has 1 aromatic rings. The molecule has 0 bridgehead atoms. The largest absolute Gasteiger partial charge is 0.462 e. The van der Waals surface area contributed by atoms with Gasteiger partial charge in [0.1, 0.15) is 0 Å². The highest BCUT2D eigenvalue weighted by atomic mass is 79.9. The maximum atomic E-state index is 12.2. The molecule has 0 aromatic heterocycles. The summed E-state index contributed by atoms with van der Waals surface area (Å²) in [7, 11) is 0. The van der Waals surface area contributed by atoms with Crippen molar-refractivity contribution in [3.05, 3.63) is 40.4 Å². The molecular weight excluding hydrogens is 316 g/mol. The van der Waals surface area contributed by atoms with Gasteiger partial charge >= 0.3 is 5.97 Å². The Bertz CT molecular complexity index is 470. The SMILES string of the molecule is CCOC(=O)/C(=C/C1CCCCC1)c1ccc(Br)cc1. The van der Waals surface area contributed by atoms with Crippen LogP contribution in [0.3, 0.4) is 0 Å². The third-order valence-corrected chi connectivity index (χ3v) is 4.23. The van der Waals surface area contributed by atoms with Crippen molar-refractivity contribution in [3.63, 3.8) is 0 Å². The van der Waals surface area contributed by atoms with E-state index in [1.807, 2.05) is 31.2 Å². The first kappa shape index (κ1) is 15.3. The van der Waals surface area contributed by atoms with Crippen LogP contribution in [0.15, 0.2) is 34.8 Å². The zero-order chi connectivity index (χ0) is 14.4. The summed E-state index contributed by atoms with van der Waals surface area (Å²) in [6.45, 7) is 2.26. The van der Waals surface area contributed by atoms with E-state index in [0.717, 1.165) is 10.0 Å². The summed E-state index contributed by atoms with van der Waals surface area (Å²) in [5.74, 6) is 0.298. The Morgan fingerprint density at radius 1 is 1.25 bits per heavy atom. The van der Waals surface area contributed by atoms with Crippen LogP contribution in [0.1, 0.15) is 44.6 Å². The Hall–Kier alpha value is -1.09. The molecule has 1 aliphatic carbocycles. The smallest absolute Gasteiger partial charge is 0.338 e. The van der Waals surface area contributed by atoms with Crippen LogP contribution in [0.2, 0.25) is 0 Å². The zero-order valence-corrected chi connectivity index (χ0v) is 13.5. The standard InChI is InChI=1S/C17H21BrO2/c1-2-20-17(19)16(12-13-6-4-3-5-7-13)14-8-10-15(18)11-9-14/h8-13H,2-7H2,1H3/b16-12+. The molecule has 1 aromatic carbocycles. The van der Waals surface area contributed by atoms with Crippen LogP contribution in [0.5, 0.6) is 0 Å². The second kappa shape index (κ2) is 7.63. The lowest BCUT2D eigenvalue weighted by molar-refractivity contribution is -0.136. The fourth-order valence-electron chi connectivity index (χ4n) is 2.66. The summed E-state index contributed by atoms with van der Waals surface area (Å²) in [5.41, 5.74) is 1.66. The van der Waals surface area contributed by atoms with Gasteiger partial charge in [-0.3, -0.25) is 0 Å². The van der Waals surface area contributed by atoms with Crippen molar-refractivity contribution in [2.45, 2.75) is 39.0 Å². The number of ether oxygens (including phenoxy) is 1. The number of hydrogen-bond donors (Lipinski definition) is 0. The Morgan fingerprint density at radius 2 is 1.90 bits per heavy atom. The molecule has 2 rings (SSSR count). The molecule has 0 aliphatic heterocycles. The van der Waals surface area contributed by atoms with E-state index in [1.165, 1.54) is 32.1 Å². The molecule has 1 fully saturated rings. The van der Waals surface area contributed by atoms with E-state index in [-0.39, 0.29) is 5.97 Å². The highest BCUT2D eigenvalue weighted by Gasteiger charge is 2.18. The molecule has 0 amide bonds. The van der Waals surface area contributed by atoms with E-state index in [4.69, 9.17) is 4.74 Å². The Labute approximate surface area is 129 Å². The molecule has 0 unspecified atom stereocenters. The number of rotatable bonds is 4. The summed E-state index contributed by atoms with van der Waals surface area (Å²) in [6, 6.07) is 7.86. The van der Waals surface area contributed by atoms with E-state index >= 15 is 0 Å². The first-order chi connectivity index (χ1) is 9.70. The number of hydrogen-bond acceptors (Lipinski definition) is 2. The Kier molecular flexibility index (Phi) is 5.84. The normalized spacial score (nSPS) is 17.0. The molecule has 0 radical (unpaired) electrons. The van der Waals surface area contributed by atoms with Crippen molar-refractivity contribution >= 4 is 27.5 Å². The molecule has 0 saturated heterocycles. The van der Waals surface area contributed by atoms with E-state index in [2.05, 4.69) is 22.0 Å². The number of esters is 1. The predicted molar refractivity (Wildman–Crippen MR) is 85.3 cm³/mol. The zero-order valence-electron chi connectivity index (χ0n) is 11.9. The number of carbonyl (C=O) groups is 1. The van der Waals surface area contributed by atoms with Gasteiger partial charge in [-0.15, -0.1) is 0 Å². The summed E-state index contributed by atoms with van der Waals surface area (Å²) >= 11 is 3.43. The minimum absolute atomic E-state index is 0.208. The Morgan fingerprint density at radius 3 is 2.50 bits per heavy atom. The van der Waals surface area contributed by atoms with Crippen LogP contribution in [0.25, 0.3) is 5.57 Å². The molecular formula is C17H21BrO2. The molecule has 0 atom stereocenters. The third kappa shape index (κ3) is 4.20. The van der Waals surface area contributed by atoms with E-state index in [1.54, 1.807) is 0 Å². The molecule has 1 saturated carbocycles. The van der Waals surface area contributed by atoms with Crippen LogP contribution in [-0.2, 0) is 9.53 Å². The topological polar surface area (TPSA) is 26.3 Å². The van der Waals surface area contributed by atoms with E-state index in [9.17, 15) is 4.79 Å². The highest BCUT2D eigenvalue weighted by Crippen LogP contribution is 2.29. The summed E-state index contributed by atoms with van der Waals surface area (Å²) in [6.07, 6.45) is 8.33. The van der Waals surface area contributed by atoms with Gasteiger partial charge in [0, 0.05) is 4.47 Å². The molecule has 1 aliphatic rings. The average Bonchev–Trinajstić information content (AvgIpc) is 2.47. The fourth-order valence-corrected chi connectivity index (χ4v) is 2.92. The van der Waals surface area contributed by atoms with Gasteiger partial charge in [-0.2, -0.15) is 0 Å². The van der Waals surface area contributed by atoms with E-state index in [0.29, 0.717) is 18.1 Å². The van der Waals surface area contributed by atoms with Gasteiger partial charge in [0.15, 0.2) is 0 Å². The average molecular weight is 337 g/mol. The number of allylic oxidation sites excluding steroid dienone is 1. The molecule has 3 heteroatoms. The summed E-state index contributed by atoms with van der Waals surface area (Å²) in [4.78, 5) is 12.2. The number of carbonyl (C=O) groups excluding carboxylic acids is 1. The molecule has 2 nitrogen and oxygen atoms in total. The van der Waals surface area contributed by atoms with Crippen LogP contribution < -0.4 is 0 Å².